The van der Waals surface area contributed by atoms with E-state index in [0.717, 1.165) is 25.7 Å². The first-order valence-electron chi connectivity index (χ1n) is 6.38. The van der Waals surface area contributed by atoms with Gasteiger partial charge < -0.3 is 10.4 Å². The third-order valence-corrected chi connectivity index (χ3v) is 4.88. The summed E-state index contributed by atoms with van der Waals surface area (Å²) in [5, 5.41) is 14.0. The van der Waals surface area contributed by atoms with Crippen molar-refractivity contribution in [1.29, 1.82) is 0 Å². The largest absolute Gasteiger partial charge is 0.478 e. The monoisotopic (exact) mass is 317 g/mol. The lowest BCUT2D eigenvalue weighted by molar-refractivity contribution is 0.0697. The zero-order chi connectivity index (χ0) is 14.8. The van der Waals surface area contributed by atoms with Crippen LogP contribution in [0.5, 0.6) is 0 Å². The van der Waals surface area contributed by atoms with Crippen molar-refractivity contribution < 1.29 is 9.90 Å². The molecule has 1 heterocycles. The van der Waals surface area contributed by atoms with E-state index in [-0.39, 0.29) is 5.56 Å². The Bertz CT molecular complexity index is 813. The van der Waals surface area contributed by atoms with Crippen LogP contribution in [0.2, 0.25) is 5.02 Å². The van der Waals surface area contributed by atoms with Crippen LogP contribution in [0.4, 0.5) is 5.69 Å². The third-order valence-electron chi connectivity index (χ3n) is 3.16. The predicted molar refractivity (Wildman–Crippen MR) is 87.6 cm³/mol. The lowest BCUT2D eigenvalue weighted by atomic mass is 10.2. The first kappa shape index (κ1) is 13.9. The molecule has 0 radical (unpaired) electrons. The summed E-state index contributed by atoms with van der Waals surface area (Å²) in [6.07, 6.45) is 0. The summed E-state index contributed by atoms with van der Waals surface area (Å²) in [4.78, 5) is 12.0. The van der Waals surface area contributed by atoms with Crippen LogP contribution in [-0.4, -0.2) is 11.1 Å². The van der Waals surface area contributed by atoms with Crippen LogP contribution < -0.4 is 5.32 Å². The lowest BCUT2D eigenvalue weighted by Crippen LogP contribution is -2.01. The number of rotatable bonds is 4. The van der Waals surface area contributed by atoms with Crippen molar-refractivity contribution in [2.45, 2.75) is 6.54 Å². The minimum Gasteiger partial charge on any atom is -0.478 e. The fourth-order valence-corrected chi connectivity index (χ4v) is 3.56. The number of carbonyl (C=O) groups is 1. The van der Waals surface area contributed by atoms with Gasteiger partial charge in [-0.1, -0.05) is 35.9 Å². The summed E-state index contributed by atoms with van der Waals surface area (Å²) in [6, 6.07) is 14.7. The van der Waals surface area contributed by atoms with Gasteiger partial charge in [0.15, 0.2) is 0 Å². The van der Waals surface area contributed by atoms with Crippen LogP contribution >= 0.6 is 22.9 Å². The Morgan fingerprint density at radius 1 is 1.19 bits per heavy atom. The molecule has 0 saturated heterocycles. The van der Waals surface area contributed by atoms with Gasteiger partial charge >= 0.3 is 5.97 Å². The van der Waals surface area contributed by atoms with Gasteiger partial charge in [0.05, 0.1) is 17.1 Å². The van der Waals surface area contributed by atoms with E-state index < -0.39 is 5.97 Å². The quantitative estimate of drug-likeness (QED) is 0.722. The molecule has 0 saturated carbocycles. The molecule has 1 aromatic heterocycles. The number of fused-ring (bicyclic) bond motifs is 1. The second-order valence-corrected chi connectivity index (χ2v) is 6.09. The first-order valence-corrected chi connectivity index (χ1v) is 7.58. The molecule has 0 amide bonds. The number of benzene rings is 2. The Labute approximate surface area is 130 Å². The normalized spacial score (nSPS) is 10.7. The molecular weight excluding hydrogens is 306 g/mol. The average molecular weight is 318 g/mol. The predicted octanol–water partition coefficient (Wildman–Crippen LogP) is 4.87. The van der Waals surface area contributed by atoms with Gasteiger partial charge in [-0.2, -0.15) is 0 Å². The van der Waals surface area contributed by atoms with Crippen LogP contribution in [0.1, 0.15) is 15.2 Å². The average Bonchev–Trinajstić information content (AvgIpc) is 2.82. The number of carboxylic acid groups (broad SMARTS) is 1. The molecule has 2 N–H and O–H groups in total. The second-order valence-electron chi connectivity index (χ2n) is 4.57. The summed E-state index contributed by atoms with van der Waals surface area (Å²) in [5.41, 5.74) is 1.03. The Morgan fingerprint density at radius 3 is 2.76 bits per heavy atom. The number of hydrogen-bond donors (Lipinski definition) is 2. The summed E-state index contributed by atoms with van der Waals surface area (Å²) in [6.45, 7) is 0.571. The molecule has 0 aliphatic carbocycles. The van der Waals surface area contributed by atoms with E-state index in [1.54, 1.807) is 29.5 Å². The van der Waals surface area contributed by atoms with Gasteiger partial charge in [-0.15, -0.1) is 11.3 Å². The molecule has 0 aliphatic heterocycles. The van der Waals surface area contributed by atoms with E-state index in [4.69, 9.17) is 16.7 Å². The fourth-order valence-electron chi connectivity index (χ4n) is 2.12. The minimum atomic E-state index is -0.932. The number of nitrogens with one attached hydrogen (secondary N) is 1. The zero-order valence-corrected chi connectivity index (χ0v) is 12.5. The molecular formula is C16H12ClNO2S. The van der Waals surface area contributed by atoms with Crippen LogP contribution in [0, 0.1) is 0 Å². The first-order chi connectivity index (χ1) is 10.1. The highest BCUT2D eigenvalue weighted by Gasteiger charge is 2.10. The highest BCUT2D eigenvalue weighted by molar-refractivity contribution is 7.19. The van der Waals surface area contributed by atoms with Gasteiger partial charge in [-0.25, -0.2) is 4.79 Å². The van der Waals surface area contributed by atoms with E-state index in [1.807, 2.05) is 30.3 Å². The third kappa shape index (κ3) is 2.86. The Balaban J connectivity index is 1.82. The van der Waals surface area contributed by atoms with Gasteiger partial charge in [0.1, 0.15) is 0 Å². The maximum Gasteiger partial charge on any atom is 0.335 e. The second kappa shape index (κ2) is 5.76. The number of hydrogen-bond acceptors (Lipinski definition) is 3. The molecule has 0 fully saturated rings. The van der Waals surface area contributed by atoms with E-state index in [0.29, 0.717) is 6.54 Å². The number of halogens is 1. The Kier molecular flexibility index (Phi) is 3.82. The summed E-state index contributed by atoms with van der Waals surface area (Å²) in [5.74, 6) is -0.932. The molecule has 0 bridgehead atoms. The highest BCUT2D eigenvalue weighted by Crippen LogP contribution is 2.35. The molecule has 0 atom stereocenters. The number of thiophene rings is 1. The molecule has 0 unspecified atom stereocenters. The molecule has 0 spiro atoms. The van der Waals surface area contributed by atoms with Gasteiger partial charge in [0.25, 0.3) is 0 Å². The molecule has 5 heteroatoms. The fraction of sp³-hybridized carbons (Fsp3) is 0.0625. The van der Waals surface area contributed by atoms with Gasteiger partial charge in [-0.05, 0) is 24.3 Å². The van der Waals surface area contributed by atoms with E-state index in [1.165, 1.54) is 0 Å². The standard InChI is InChI=1S/C16H12ClNO2S/c17-15-12-6-1-2-7-13(12)21-14(15)9-18-11-5-3-4-10(8-11)16(19)20/h1-8,18H,9H2,(H,19,20). The van der Waals surface area contributed by atoms with E-state index in [2.05, 4.69) is 5.32 Å². The number of aromatic carboxylic acids is 1. The molecule has 3 rings (SSSR count). The van der Waals surface area contributed by atoms with E-state index in [9.17, 15) is 4.79 Å². The SMILES string of the molecule is O=C(O)c1cccc(NCc2sc3ccccc3c2Cl)c1. The van der Waals surface area contributed by atoms with Crippen molar-refractivity contribution in [3.8, 4) is 0 Å². The van der Waals surface area contributed by atoms with Crippen LogP contribution in [-0.2, 0) is 6.54 Å². The smallest absolute Gasteiger partial charge is 0.335 e. The molecule has 21 heavy (non-hydrogen) atoms. The summed E-state index contributed by atoms with van der Waals surface area (Å²) < 4.78 is 1.15. The van der Waals surface area contributed by atoms with Crippen molar-refractivity contribution in [1.82, 2.24) is 0 Å². The van der Waals surface area contributed by atoms with Crippen LogP contribution in [0.25, 0.3) is 10.1 Å². The maximum absolute atomic E-state index is 11.0. The summed E-state index contributed by atoms with van der Waals surface area (Å²) in [7, 11) is 0. The minimum absolute atomic E-state index is 0.266. The maximum atomic E-state index is 11.0. The van der Waals surface area contributed by atoms with Crippen molar-refractivity contribution >= 4 is 44.7 Å². The summed E-state index contributed by atoms with van der Waals surface area (Å²) >= 11 is 8.02. The van der Waals surface area contributed by atoms with Crippen molar-refractivity contribution in [3.63, 3.8) is 0 Å². The topological polar surface area (TPSA) is 49.3 Å². The number of anilines is 1. The van der Waals surface area contributed by atoms with Gasteiger partial charge in [-0.3, -0.25) is 0 Å². The van der Waals surface area contributed by atoms with Gasteiger partial charge in [0.2, 0.25) is 0 Å². The van der Waals surface area contributed by atoms with E-state index >= 15 is 0 Å². The molecule has 3 nitrogen and oxygen atoms in total. The molecule has 0 aliphatic rings. The van der Waals surface area contributed by atoms with Crippen molar-refractivity contribution in [3.05, 3.63) is 64.0 Å². The lowest BCUT2D eigenvalue weighted by Gasteiger charge is -2.06. The van der Waals surface area contributed by atoms with Crippen LogP contribution in [0.3, 0.4) is 0 Å². The van der Waals surface area contributed by atoms with Gasteiger partial charge in [0, 0.05) is 20.7 Å². The van der Waals surface area contributed by atoms with Crippen molar-refractivity contribution in [2.24, 2.45) is 0 Å². The zero-order valence-electron chi connectivity index (χ0n) is 11.0. The molecule has 106 valence electrons. The van der Waals surface area contributed by atoms with Crippen molar-refractivity contribution in [2.75, 3.05) is 5.32 Å². The highest BCUT2D eigenvalue weighted by atomic mass is 35.5. The molecule has 3 aromatic rings. The van der Waals surface area contributed by atoms with Crippen LogP contribution in [0.15, 0.2) is 48.5 Å². The Morgan fingerprint density at radius 2 is 2.00 bits per heavy atom. The molecule has 2 aromatic carbocycles. The number of carboxylic acids is 1. The Hall–Kier alpha value is -2.04.